The molecule has 1 saturated heterocycles. The van der Waals surface area contributed by atoms with Crippen LogP contribution in [0.25, 0.3) is 0 Å². The Morgan fingerprint density at radius 3 is 2.52 bits per heavy atom. The normalized spacial score (nSPS) is 15.4. The van der Waals surface area contributed by atoms with Gasteiger partial charge in [0.1, 0.15) is 5.82 Å². The van der Waals surface area contributed by atoms with Gasteiger partial charge in [-0.05, 0) is 26.0 Å². The van der Waals surface area contributed by atoms with Crippen LogP contribution in [0.5, 0.6) is 0 Å². The van der Waals surface area contributed by atoms with Gasteiger partial charge in [0, 0.05) is 49.3 Å². The third kappa shape index (κ3) is 6.66. The fourth-order valence-electron chi connectivity index (χ4n) is 2.69. The van der Waals surface area contributed by atoms with Crippen LogP contribution >= 0.6 is 11.8 Å². The molecule has 1 aromatic carbocycles. The molecule has 7 heteroatoms. The molecule has 0 atom stereocenters. The fraction of sp³-hybridized carbons (Fsp3) is 0.556. The molecule has 1 aliphatic heterocycles. The van der Waals surface area contributed by atoms with Gasteiger partial charge in [0.2, 0.25) is 11.8 Å². The van der Waals surface area contributed by atoms with E-state index in [0.29, 0.717) is 49.8 Å². The molecule has 0 saturated carbocycles. The average Bonchev–Trinajstić information content (AvgIpc) is 2.56. The molecule has 0 bridgehead atoms. The lowest BCUT2D eigenvalue weighted by atomic mass is 10.2. The van der Waals surface area contributed by atoms with Crippen LogP contribution in [0.3, 0.4) is 0 Å². The van der Waals surface area contributed by atoms with Crippen molar-refractivity contribution in [2.75, 3.05) is 38.5 Å². The second-order valence-corrected chi connectivity index (χ2v) is 7.54. The third-order valence-electron chi connectivity index (χ3n) is 3.95. The minimum absolute atomic E-state index is 0.0241. The maximum absolute atomic E-state index is 13.5. The highest BCUT2D eigenvalue weighted by atomic mass is 32.2. The molecule has 0 aliphatic carbocycles. The van der Waals surface area contributed by atoms with Crippen molar-refractivity contribution in [3.05, 3.63) is 30.1 Å². The Hall–Kier alpha value is -1.60. The summed E-state index contributed by atoms with van der Waals surface area (Å²) in [6.07, 6.45) is 0.396. The summed E-state index contributed by atoms with van der Waals surface area (Å²) in [5, 5.41) is 2.88. The predicted molar refractivity (Wildman–Crippen MR) is 98.0 cm³/mol. The molecule has 138 valence electrons. The lowest BCUT2D eigenvalue weighted by molar-refractivity contribution is -0.132. The van der Waals surface area contributed by atoms with Crippen molar-refractivity contribution >= 4 is 23.6 Å². The number of hydrogen-bond donors (Lipinski definition) is 1. The Morgan fingerprint density at radius 1 is 1.20 bits per heavy atom. The quantitative estimate of drug-likeness (QED) is 0.749. The van der Waals surface area contributed by atoms with Gasteiger partial charge in [-0.15, -0.1) is 11.8 Å². The summed E-state index contributed by atoms with van der Waals surface area (Å²) in [5.74, 6) is 0.441. The van der Waals surface area contributed by atoms with E-state index in [-0.39, 0.29) is 23.7 Å². The molecule has 0 radical (unpaired) electrons. The molecule has 1 aromatic rings. The molecular formula is C18H26FN3O2S. The standard InChI is InChI=1S/C18H26FN3O2S/c1-14(2)20-17(23)13-21-8-10-22(11-9-21)18(24)7-12-25-16-6-4-3-5-15(16)19/h3-6,14H,7-13H2,1-2H3,(H,20,23). The molecule has 0 unspecified atom stereocenters. The van der Waals surface area contributed by atoms with E-state index in [0.717, 1.165) is 0 Å². The van der Waals surface area contributed by atoms with Gasteiger partial charge in [0.05, 0.1) is 6.54 Å². The van der Waals surface area contributed by atoms with Crippen LogP contribution in [0, 0.1) is 5.82 Å². The number of benzene rings is 1. The van der Waals surface area contributed by atoms with Crippen molar-refractivity contribution in [2.45, 2.75) is 31.2 Å². The molecule has 2 rings (SSSR count). The number of nitrogens with one attached hydrogen (secondary N) is 1. The number of thioether (sulfide) groups is 1. The first kappa shape index (κ1) is 19.7. The van der Waals surface area contributed by atoms with E-state index in [1.165, 1.54) is 17.8 Å². The Morgan fingerprint density at radius 2 is 1.88 bits per heavy atom. The summed E-state index contributed by atoms with van der Waals surface area (Å²) in [6.45, 7) is 6.94. The van der Waals surface area contributed by atoms with Crippen molar-refractivity contribution in [3.63, 3.8) is 0 Å². The molecular weight excluding hydrogens is 341 g/mol. The lowest BCUT2D eigenvalue weighted by Gasteiger charge is -2.34. The summed E-state index contributed by atoms with van der Waals surface area (Å²) < 4.78 is 13.5. The number of halogens is 1. The summed E-state index contributed by atoms with van der Waals surface area (Å²) in [4.78, 5) is 28.5. The minimum atomic E-state index is -0.242. The largest absolute Gasteiger partial charge is 0.353 e. The maximum Gasteiger partial charge on any atom is 0.234 e. The summed E-state index contributed by atoms with van der Waals surface area (Å²) in [5.41, 5.74) is 0. The number of nitrogens with zero attached hydrogens (tertiary/aromatic N) is 2. The zero-order valence-electron chi connectivity index (χ0n) is 14.8. The maximum atomic E-state index is 13.5. The number of carbonyl (C=O) groups is 2. The van der Waals surface area contributed by atoms with Crippen molar-refractivity contribution in [2.24, 2.45) is 0 Å². The topological polar surface area (TPSA) is 52.7 Å². The number of carbonyl (C=O) groups excluding carboxylic acids is 2. The van der Waals surface area contributed by atoms with E-state index in [2.05, 4.69) is 10.2 Å². The smallest absolute Gasteiger partial charge is 0.234 e. The van der Waals surface area contributed by atoms with Crippen LogP contribution in [0.1, 0.15) is 20.3 Å². The van der Waals surface area contributed by atoms with Crippen molar-refractivity contribution < 1.29 is 14.0 Å². The molecule has 2 amide bonds. The lowest BCUT2D eigenvalue weighted by Crippen LogP contribution is -2.51. The Kier molecular flexibility index (Phi) is 7.71. The number of piperazine rings is 1. The summed E-state index contributed by atoms with van der Waals surface area (Å²) in [7, 11) is 0. The van der Waals surface area contributed by atoms with Gasteiger partial charge in [-0.3, -0.25) is 14.5 Å². The van der Waals surface area contributed by atoms with E-state index in [1.807, 2.05) is 18.7 Å². The second kappa shape index (κ2) is 9.77. The van der Waals surface area contributed by atoms with E-state index in [1.54, 1.807) is 18.2 Å². The molecule has 0 aromatic heterocycles. The zero-order valence-corrected chi connectivity index (χ0v) is 15.7. The number of rotatable bonds is 7. The molecule has 25 heavy (non-hydrogen) atoms. The van der Waals surface area contributed by atoms with Gasteiger partial charge in [-0.1, -0.05) is 12.1 Å². The molecule has 5 nitrogen and oxygen atoms in total. The third-order valence-corrected chi connectivity index (χ3v) is 5.00. The fourth-order valence-corrected chi connectivity index (χ4v) is 3.57. The highest BCUT2D eigenvalue weighted by Crippen LogP contribution is 2.22. The van der Waals surface area contributed by atoms with Crippen molar-refractivity contribution in [1.82, 2.24) is 15.1 Å². The van der Waals surface area contributed by atoms with Crippen LogP contribution in [0.2, 0.25) is 0 Å². The van der Waals surface area contributed by atoms with Gasteiger partial charge in [0.25, 0.3) is 0 Å². The van der Waals surface area contributed by atoms with Gasteiger partial charge >= 0.3 is 0 Å². The zero-order chi connectivity index (χ0) is 18.2. The van der Waals surface area contributed by atoms with Gasteiger partial charge < -0.3 is 10.2 Å². The van der Waals surface area contributed by atoms with Crippen LogP contribution in [-0.2, 0) is 9.59 Å². The first-order valence-corrected chi connectivity index (χ1v) is 9.61. The second-order valence-electron chi connectivity index (χ2n) is 6.41. The number of hydrogen-bond acceptors (Lipinski definition) is 4. The highest BCUT2D eigenvalue weighted by molar-refractivity contribution is 7.99. The van der Waals surface area contributed by atoms with Crippen LogP contribution < -0.4 is 5.32 Å². The minimum Gasteiger partial charge on any atom is -0.353 e. The Labute approximate surface area is 152 Å². The highest BCUT2D eigenvalue weighted by Gasteiger charge is 2.22. The SMILES string of the molecule is CC(C)NC(=O)CN1CCN(C(=O)CCSc2ccccc2F)CC1. The van der Waals surface area contributed by atoms with Gasteiger partial charge in [-0.2, -0.15) is 0 Å². The monoisotopic (exact) mass is 367 g/mol. The number of amides is 2. The molecule has 0 spiro atoms. The van der Waals surface area contributed by atoms with Crippen molar-refractivity contribution in [1.29, 1.82) is 0 Å². The van der Waals surface area contributed by atoms with Gasteiger partial charge in [0.15, 0.2) is 0 Å². The van der Waals surface area contributed by atoms with Crippen LogP contribution in [0.15, 0.2) is 29.2 Å². The molecule has 1 heterocycles. The first-order valence-electron chi connectivity index (χ1n) is 8.62. The Bertz CT molecular complexity index is 589. The summed E-state index contributed by atoms with van der Waals surface area (Å²) in [6, 6.07) is 6.75. The van der Waals surface area contributed by atoms with E-state index in [4.69, 9.17) is 0 Å². The summed E-state index contributed by atoms with van der Waals surface area (Å²) >= 11 is 1.37. The molecule has 1 aliphatic rings. The predicted octanol–water partition coefficient (Wildman–Crippen LogP) is 1.98. The van der Waals surface area contributed by atoms with E-state index < -0.39 is 0 Å². The van der Waals surface area contributed by atoms with E-state index in [9.17, 15) is 14.0 Å². The molecule has 1 fully saturated rings. The average molecular weight is 367 g/mol. The van der Waals surface area contributed by atoms with Crippen LogP contribution in [-0.4, -0.2) is 66.1 Å². The van der Waals surface area contributed by atoms with E-state index >= 15 is 0 Å². The Balaban J connectivity index is 1.67. The molecule has 1 N–H and O–H groups in total. The first-order chi connectivity index (χ1) is 12.0. The van der Waals surface area contributed by atoms with Crippen molar-refractivity contribution in [3.8, 4) is 0 Å². The van der Waals surface area contributed by atoms with Crippen LogP contribution in [0.4, 0.5) is 4.39 Å². The van der Waals surface area contributed by atoms with Gasteiger partial charge in [-0.25, -0.2) is 4.39 Å².